The molecule has 0 saturated carbocycles. The molecular formula is C21H24F2O5. The van der Waals surface area contributed by atoms with Crippen LogP contribution < -0.4 is 0 Å². The van der Waals surface area contributed by atoms with E-state index in [0.717, 1.165) is 17.2 Å². The summed E-state index contributed by atoms with van der Waals surface area (Å²) >= 11 is 0. The average Bonchev–Trinajstić information content (AvgIpc) is 2.65. The lowest BCUT2D eigenvalue weighted by Gasteiger charge is -2.42. The van der Waals surface area contributed by atoms with Crippen molar-refractivity contribution in [2.24, 2.45) is 0 Å². The first kappa shape index (κ1) is 20.8. The Morgan fingerprint density at radius 1 is 0.929 bits per heavy atom. The van der Waals surface area contributed by atoms with Crippen LogP contribution in [0.5, 0.6) is 0 Å². The van der Waals surface area contributed by atoms with Gasteiger partial charge in [-0.15, -0.1) is 0 Å². The Morgan fingerprint density at radius 2 is 1.57 bits per heavy atom. The summed E-state index contributed by atoms with van der Waals surface area (Å²) < 4.78 is 32.6. The zero-order valence-electron chi connectivity index (χ0n) is 15.6. The van der Waals surface area contributed by atoms with Crippen molar-refractivity contribution in [3.05, 3.63) is 59.2 Å². The number of aliphatic hydroxyl groups excluding tert-OH is 4. The van der Waals surface area contributed by atoms with Crippen molar-refractivity contribution in [3.63, 3.8) is 0 Å². The highest BCUT2D eigenvalue weighted by Gasteiger charge is 2.45. The molecule has 0 bridgehead atoms. The molecule has 7 heteroatoms. The van der Waals surface area contributed by atoms with E-state index in [0.29, 0.717) is 11.1 Å². The first-order valence-corrected chi connectivity index (χ1v) is 9.10. The van der Waals surface area contributed by atoms with Gasteiger partial charge in [-0.1, -0.05) is 25.1 Å². The fourth-order valence-corrected chi connectivity index (χ4v) is 3.81. The molecule has 3 rings (SSSR count). The van der Waals surface area contributed by atoms with Gasteiger partial charge in [0.05, 0.1) is 12.7 Å². The summed E-state index contributed by atoms with van der Waals surface area (Å²) in [6.07, 6.45) is -5.99. The molecule has 152 valence electrons. The van der Waals surface area contributed by atoms with Crippen molar-refractivity contribution in [3.8, 4) is 11.1 Å². The van der Waals surface area contributed by atoms with E-state index in [-0.39, 0.29) is 5.92 Å². The molecule has 0 radical (unpaired) electrons. The Hall–Kier alpha value is -1.90. The fourth-order valence-electron chi connectivity index (χ4n) is 3.81. The number of hydrogen-bond acceptors (Lipinski definition) is 5. The van der Waals surface area contributed by atoms with E-state index < -0.39 is 48.8 Å². The van der Waals surface area contributed by atoms with Crippen LogP contribution in [0.3, 0.4) is 0 Å². The third kappa shape index (κ3) is 3.94. The second-order valence-corrected chi connectivity index (χ2v) is 7.31. The van der Waals surface area contributed by atoms with Crippen LogP contribution in [0.15, 0.2) is 36.4 Å². The van der Waals surface area contributed by atoms with Gasteiger partial charge < -0.3 is 25.2 Å². The molecule has 1 heterocycles. The van der Waals surface area contributed by atoms with E-state index in [1.165, 1.54) is 12.1 Å². The minimum atomic E-state index is -1.44. The predicted octanol–water partition coefficient (Wildman–Crippen LogP) is 1.89. The van der Waals surface area contributed by atoms with Crippen LogP contribution in [0.2, 0.25) is 0 Å². The molecule has 0 aromatic heterocycles. The van der Waals surface area contributed by atoms with Crippen LogP contribution in [-0.4, -0.2) is 57.6 Å². The second-order valence-electron chi connectivity index (χ2n) is 7.31. The van der Waals surface area contributed by atoms with Crippen molar-refractivity contribution in [1.82, 2.24) is 0 Å². The standard InChI is InChI=1S/C21H24F2O5/c1-10-5-12(13-6-14(22)8-15(23)7-13)3-4-16(10)11(2)21-20(27)19(26)18(25)17(9-24)28-21/h3-8,11,17-21,24-27H,9H2,1-2H3/t11-,17-,18-,19+,20+,21-/m1/s1. The monoisotopic (exact) mass is 394 g/mol. The normalized spacial score (nSPS) is 28.9. The third-order valence-corrected chi connectivity index (χ3v) is 5.38. The third-order valence-electron chi connectivity index (χ3n) is 5.38. The van der Waals surface area contributed by atoms with Crippen LogP contribution in [-0.2, 0) is 4.74 Å². The molecule has 0 spiro atoms. The van der Waals surface area contributed by atoms with Crippen LogP contribution in [0.25, 0.3) is 11.1 Å². The topological polar surface area (TPSA) is 90.2 Å². The van der Waals surface area contributed by atoms with Crippen molar-refractivity contribution in [2.45, 2.75) is 50.3 Å². The SMILES string of the molecule is Cc1cc(-c2cc(F)cc(F)c2)ccc1[C@@H](C)[C@H]1O[C@H](CO)[C@@H](O)[C@H](O)[C@@H]1O. The van der Waals surface area contributed by atoms with Crippen LogP contribution in [0, 0.1) is 18.6 Å². The molecule has 28 heavy (non-hydrogen) atoms. The lowest BCUT2D eigenvalue weighted by Crippen LogP contribution is -2.59. The fraction of sp³-hybridized carbons (Fsp3) is 0.429. The second kappa shape index (κ2) is 8.23. The maximum absolute atomic E-state index is 13.5. The van der Waals surface area contributed by atoms with E-state index in [1.807, 2.05) is 6.92 Å². The lowest BCUT2D eigenvalue weighted by atomic mass is 9.83. The van der Waals surface area contributed by atoms with Crippen molar-refractivity contribution < 1.29 is 33.9 Å². The molecule has 1 saturated heterocycles. The first-order chi connectivity index (χ1) is 13.2. The smallest absolute Gasteiger partial charge is 0.126 e. The molecule has 1 aliphatic heterocycles. The van der Waals surface area contributed by atoms with Gasteiger partial charge in [-0.05, 0) is 41.3 Å². The molecule has 2 aromatic rings. The van der Waals surface area contributed by atoms with E-state index in [1.54, 1.807) is 25.1 Å². The number of aliphatic hydroxyl groups is 4. The van der Waals surface area contributed by atoms with Gasteiger partial charge >= 0.3 is 0 Å². The maximum Gasteiger partial charge on any atom is 0.126 e. The largest absolute Gasteiger partial charge is 0.394 e. The number of rotatable bonds is 4. The molecule has 0 aliphatic carbocycles. The molecule has 1 fully saturated rings. The summed E-state index contributed by atoms with van der Waals surface area (Å²) in [5.74, 6) is -1.69. The Labute approximate surface area is 161 Å². The highest BCUT2D eigenvalue weighted by molar-refractivity contribution is 5.65. The summed E-state index contributed by atoms with van der Waals surface area (Å²) in [6.45, 7) is 3.14. The number of hydrogen-bond donors (Lipinski definition) is 4. The quantitative estimate of drug-likeness (QED) is 0.636. The van der Waals surface area contributed by atoms with Crippen molar-refractivity contribution >= 4 is 0 Å². The molecule has 1 aliphatic rings. The van der Waals surface area contributed by atoms with E-state index in [9.17, 15) is 29.2 Å². The van der Waals surface area contributed by atoms with Crippen LogP contribution in [0.4, 0.5) is 8.78 Å². The summed E-state index contributed by atoms with van der Waals surface area (Å²) in [7, 11) is 0. The van der Waals surface area contributed by atoms with Gasteiger partial charge in [0.15, 0.2) is 0 Å². The molecule has 4 N–H and O–H groups in total. The summed E-state index contributed by atoms with van der Waals surface area (Å²) in [5.41, 5.74) is 2.67. The van der Waals surface area contributed by atoms with Gasteiger partial charge in [0.2, 0.25) is 0 Å². The van der Waals surface area contributed by atoms with Crippen molar-refractivity contribution in [1.29, 1.82) is 0 Å². The van der Waals surface area contributed by atoms with Gasteiger partial charge in [-0.3, -0.25) is 0 Å². The van der Waals surface area contributed by atoms with Gasteiger partial charge in [0.25, 0.3) is 0 Å². The summed E-state index contributed by atoms with van der Waals surface area (Å²) in [6, 6.07) is 8.59. The number of ether oxygens (including phenoxy) is 1. The van der Waals surface area contributed by atoms with E-state index >= 15 is 0 Å². The van der Waals surface area contributed by atoms with Crippen LogP contribution in [0.1, 0.15) is 24.0 Å². The minimum Gasteiger partial charge on any atom is -0.394 e. The molecule has 0 unspecified atom stereocenters. The van der Waals surface area contributed by atoms with Crippen molar-refractivity contribution in [2.75, 3.05) is 6.61 Å². The number of benzene rings is 2. The molecule has 2 aromatic carbocycles. The Bertz CT molecular complexity index is 821. The number of aryl methyl sites for hydroxylation is 1. The summed E-state index contributed by atoms with van der Waals surface area (Å²) in [5, 5.41) is 39.6. The predicted molar refractivity (Wildman–Crippen MR) is 98.7 cm³/mol. The zero-order valence-corrected chi connectivity index (χ0v) is 15.6. The lowest BCUT2D eigenvalue weighted by molar-refractivity contribution is -0.233. The van der Waals surface area contributed by atoms with E-state index in [4.69, 9.17) is 4.74 Å². The molecule has 5 nitrogen and oxygen atoms in total. The maximum atomic E-state index is 13.5. The average molecular weight is 394 g/mol. The number of halogens is 2. The highest BCUT2D eigenvalue weighted by Crippen LogP contribution is 2.34. The minimum absolute atomic E-state index is 0.371. The van der Waals surface area contributed by atoms with Gasteiger partial charge in [-0.25, -0.2) is 8.78 Å². The molecule has 6 atom stereocenters. The van der Waals surface area contributed by atoms with E-state index in [2.05, 4.69) is 0 Å². The van der Waals surface area contributed by atoms with Gasteiger partial charge in [0.1, 0.15) is 36.1 Å². The van der Waals surface area contributed by atoms with Gasteiger partial charge in [0, 0.05) is 12.0 Å². The summed E-state index contributed by atoms with van der Waals surface area (Å²) in [4.78, 5) is 0. The highest BCUT2D eigenvalue weighted by atomic mass is 19.1. The Morgan fingerprint density at radius 3 is 2.14 bits per heavy atom. The Balaban J connectivity index is 1.89. The zero-order chi connectivity index (χ0) is 20.6. The van der Waals surface area contributed by atoms with Crippen LogP contribution >= 0.6 is 0 Å². The first-order valence-electron chi connectivity index (χ1n) is 9.10. The van der Waals surface area contributed by atoms with Gasteiger partial charge in [-0.2, -0.15) is 0 Å². The molecular weight excluding hydrogens is 370 g/mol. The molecule has 0 amide bonds. The Kier molecular flexibility index (Phi) is 6.12.